The van der Waals surface area contributed by atoms with Gasteiger partial charge in [-0.05, 0) is 30.7 Å². The lowest BCUT2D eigenvalue weighted by Crippen LogP contribution is -2.54. The molecule has 26 heavy (non-hydrogen) atoms. The molecule has 0 radical (unpaired) electrons. The predicted octanol–water partition coefficient (Wildman–Crippen LogP) is -0.153. The molecule has 0 aliphatic carbocycles. The number of sulfone groups is 2. The van der Waals surface area contributed by atoms with E-state index < -0.39 is 42.5 Å². The third-order valence-corrected chi connectivity index (χ3v) is 9.36. The Labute approximate surface area is 152 Å². The van der Waals surface area contributed by atoms with Gasteiger partial charge in [-0.3, -0.25) is 9.69 Å². The van der Waals surface area contributed by atoms with Crippen LogP contribution < -0.4 is 0 Å². The molecule has 2 fully saturated rings. The molecule has 2 atom stereocenters. The fourth-order valence-corrected chi connectivity index (χ4v) is 8.76. The van der Waals surface area contributed by atoms with Crippen molar-refractivity contribution in [1.82, 2.24) is 9.80 Å². The fourth-order valence-electron chi connectivity index (χ4n) is 3.70. The van der Waals surface area contributed by atoms with Gasteiger partial charge in [-0.2, -0.15) is 0 Å². The summed E-state index contributed by atoms with van der Waals surface area (Å²) in [5.74, 6) is -1.20. The summed E-state index contributed by atoms with van der Waals surface area (Å²) in [5, 5.41) is -1.10. The summed E-state index contributed by atoms with van der Waals surface area (Å²) in [6.07, 6.45) is 0.735. The van der Waals surface area contributed by atoms with Crippen molar-refractivity contribution in [3.63, 3.8) is 0 Å². The minimum Gasteiger partial charge on any atom is -0.343 e. The molecule has 3 rings (SSSR count). The molecule has 1 aromatic carbocycles. The van der Waals surface area contributed by atoms with Gasteiger partial charge in [-0.25, -0.2) is 21.2 Å². The zero-order valence-electron chi connectivity index (χ0n) is 14.3. The SMILES string of the molecule is Cc1cc(F)ccc1S(=O)(=O)[C@H]1CS(=O)(=O)C[C@@H]1N1CCN(C=O)CC1. The number of halogens is 1. The van der Waals surface area contributed by atoms with E-state index >= 15 is 0 Å². The van der Waals surface area contributed by atoms with Crippen LogP contribution in [0.2, 0.25) is 0 Å². The minimum absolute atomic E-state index is 0.0301. The van der Waals surface area contributed by atoms with E-state index in [9.17, 15) is 26.0 Å². The topological polar surface area (TPSA) is 91.8 Å². The summed E-state index contributed by atoms with van der Waals surface area (Å²) in [6, 6.07) is 2.74. The van der Waals surface area contributed by atoms with Crippen molar-refractivity contribution in [2.45, 2.75) is 23.1 Å². The maximum absolute atomic E-state index is 13.3. The van der Waals surface area contributed by atoms with E-state index in [1.165, 1.54) is 13.0 Å². The van der Waals surface area contributed by atoms with Crippen molar-refractivity contribution in [3.8, 4) is 0 Å². The van der Waals surface area contributed by atoms with Gasteiger partial charge in [0.05, 0.1) is 21.7 Å². The van der Waals surface area contributed by atoms with Crippen molar-refractivity contribution in [3.05, 3.63) is 29.6 Å². The monoisotopic (exact) mass is 404 g/mol. The van der Waals surface area contributed by atoms with E-state index in [-0.39, 0.29) is 16.2 Å². The molecular weight excluding hydrogens is 383 g/mol. The Morgan fingerprint density at radius 3 is 2.38 bits per heavy atom. The minimum atomic E-state index is -3.95. The summed E-state index contributed by atoms with van der Waals surface area (Å²) in [4.78, 5) is 14.2. The molecule has 1 amide bonds. The van der Waals surface area contributed by atoms with E-state index in [1.54, 1.807) is 4.90 Å². The Morgan fingerprint density at radius 1 is 1.15 bits per heavy atom. The van der Waals surface area contributed by atoms with E-state index in [1.807, 2.05) is 4.90 Å². The molecule has 2 heterocycles. The molecular formula is C16H21FN2O5S2. The molecule has 0 unspecified atom stereocenters. The van der Waals surface area contributed by atoms with Crippen molar-refractivity contribution in [2.75, 3.05) is 37.7 Å². The largest absolute Gasteiger partial charge is 0.343 e. The molecule has 10 heteroatoms. The van der Waals surface area contributed by atoms with Gasteiger partial charge in [0, 0.05) is 32.2 Å². The number of benzene rings is 1. The number of aryl methyl sites for hydroxylation is 1. The summed E-state index contributed by atoms with van der Waals surface area (Å²) in [6.45, 7) is 3.21. The standard InChI is InChI=1S/C16H21FN2O5S2/c1-12-8-13(17)2-3-15(12)26(23,24)16-10-25(21,22)9-14(16)19-6-4-18(11-20)5-7-19/h2-3,8,11,14,16H,4-7,9-10H2,1H3/t14-,16-/m0/s1. The highest BCUT2D eigenvalue weighted by molar-refractivity contribution is 7.96. The number of hydrogen-bond acceptors (Lipinski definition) is 6. The van der Waals surface area contributed by atoms with Crippen LogP contribution in [0.1, 0.15) is 5.56 Å². The number of carbonyl (C=O) groups excluding carboxylic acids is 1. The van der Waals surface area contributed by atoms with Gasteiger partial charge in [0.1, 0.15) is 5.82 Å². The van der Waals surface area contributed by atoms with Gasteiger partial charge in [0.2, 0.25) is 6.41 Å². The van der Waals surface area contributed by atoms with Crippen molar-refractivity contribution in [1.29, 1.82) is 0 Å². The summed E-state index contributed by atoms with van der Waals surface area (Å²) < 4.78 is 64.1. The van der Waals surface area contributed by atoms with E-state index in [0.717, 1.165) is 18.5 Å². The average Bonchev–Trinajstić information content (AvgIpc) is 2.91. The second kappa shape index (κ2) is 6.90. The van der Waals surface area contributed by atoms with Gasteiger partial charge in [-0.1, -0.05) is 0 Å². The highest BCUT2D eigenvalue weighted by Gasteiger charge is 2.48. The number of hydrogen-bond donors (Lipinski definition) is 0. The first-order chi connectivity index (χ1) is 12.1. The van der Waals surface area contributed by atoms with Crippen molar-refractivity contribution >= 4 is 26.1 Å². The van der Waals surface area contributed by atoms with Crippen LogP contribution in [0.15, 0.2) is 23.1 Å². The molecule has 144 valence electrons. The van der Waals surface area contributed by atoms with Crippen LogP contribution in [-0.4, -0.2) is 82.0 Å². The van der Waals surface area contributed by atoms with E-state index in [0.29, 0.717) is 26.2 Å². The van der Waals surface area contributed by atoms with Crippen LogP contribution >= 0.6 is 0 Å². The lowest BCUT2D eigenvalue weighted by molar-refractivity contribution is -0.119. The molecule has 0 spiro atoms. The van der Waals surface area contributed by atoms with Crippen LogP contribution in [0, 0.1) is 12.7 Å². The number of amides is 1. The molecule has 2 aliphatic heterocycles. The zero-order chi connectivity index (χ0) is 19.1. The molecule has 7 nitrogen and oxygen atoms in total. The smallest absolute Gasteiger partial charge is 0.209 e. The number of rotatable bonds is 4. The van der Waals surface area contributed by atoms with Crippen LogP contribution in [0.3, 0.4) is 0 Å². The Morgan fingerprint density at radius 2 is 1.81 bits per heavy atom. The lowest BCUT2D eigenvalue weighted by Gasteiger charge is -2.38. The molecule has 2 aliphatic rings. The summed E-state index contributed by atoms with van der Waals surface area (Å²) in [5.41, 5.74) is 0.263. The van der Waals surface area contributed by atoms with E-state index in [4.69, 9.17) is 0 Å². The van der Waals surface area contributed by atoms with E-state index in [2.05, 4.69) is 0 Å². The number of carbonyl (C=O) groups is 1. The summed E-state index contributed by atoms with van der Waals surface area (Å²) >= 11 is 0. The first kappa shape index (κ1) is 19.2. The molecule has 2 saturated heterocycles. The van der Waals surface area contributed by atoms with Crippen molar-refractivity contribution < 1.29 is 26.0 Å². The van der Waals surface area contributed by atoms with Gasteiger partial charge >= 0.3 is 0 Å². The van der Waals surface area contributed by atoms with Crippen molar-refractivity contribution in [2.24, 2.45) is 0 Å². The highest BCUT2D eigenvalue weighted by atomic mass is 32.2. The Bertz CT molecular complexity index is 909. The average molecular weight is 404 g/mol. The third kappa shape index (κ3) is 3.63. The Balaban J connectivity index is 1.94. The number of piperazine rings is 1. The molecule has 0 aromatic heterocycles. The summed E-state index contributed by atoms with van der Waals surface area (Å²) in [7, 11) is -7.45. The van der Waals surface area contributed by atoms with Gasteiger partial charge < -0.3 is 4.90 Å². The first-order valence-electron chi connectivity index (χ1n) is 8.28. The normalized spacial score (nSPS) is 26.8. The molecule has 1 aromatic rings. The van der Waals surface area contributed by atoms with Crippen LogP contribution in [-0.2, 0) is 24.5 Å². The second-order valence-electron chi connectivity index (χ2n) is 6.81. The quantitative estimate of drug-likeness (QED) is 0.512. The van der Waals surface area contributed by atoms with Crippen LogP contribution in [0.5, 0.6) is 0 Å². The predicted molar refractivity (Wildman–Crippen MR) is 93.8 cm³/mol. The Kier molecular flexibility index (Phi) is 5.11. The highest BCUT2D eigenvalue weighted by Crippen LogP contribution is 2.31. The van der Waals surface area contributed by atoms with Crippen LogP contribution in [0.4, 0.5) is 4.39 Å². The van der Waals surface area contributed by atoms with Gasteiger partial charge in [-0.15, -0.1) is 0 Å². The lowest BCUT2D eigenvalue weighted by atomic mass is 10.2. The second-order valence-corrected chi connectivity index (χ2v) is 11.1. The maximum Gasteiger partial charge on any atom is 0.209 e. The fraction of sp³-hybridized carbons (Fsp3) is 0.562. The number of nitrogens with zero attached hydrogens (tertiary/aromatic N) is 2. The maximum atomic E-state index is 13.3. The molecule has 0 N–H and O–H groups in total. The van der Waals surface area contributed by atoms with Gasteiger partial charge in [0.25, 0.3) is 0 Å². The molecule has 0 bridgehead atoms. The Hall–Kier alpha value is -1.52. The molecule has 0 saturated carbocycles. The van der Waals surface area contributed by atoms with Gasteiger partial charge in [0.15, 0.2) is 19.7 Å². The third-order valence-electron chi connectivity index (χ3n) is 5.08. The zero-order valence-corrected chi connectivity index (χ0v) is 16.0. The van der Waals surface area contributed by atoms with Crippen LogP contribution in [0.25, 0.3) is 0 Å². The first-order valence-corrected chi connectivity index (χ1v) is 11.6.